The minimum Gasteiger partial charge on any atom is -0.496 e. The zero-order valence-corrected chi connectivity index (χ0v) is 14.4. The van der Waals surface area contributed by atoms with Crippen LogP contribution in [-0.4, -0.2) is 24.0 Å². The molecule has 0 bridgehead atoms. The summed E-state index contributed by atoms with van der Waals surface area (Å²) in [6.07, 6.45) is 0. The van der Waals surface area contributed by atoms with Gasteiger partial charge >= 0.3 is 0 Å². The number of hydrogen-bond acceptors (Lipinski definition) is 5. The summed E-state index contributed by atoms with van der Waals surface area (Å²) in [7, 11) is 1.61. The van der Waals surface area contributed by atoms with E-state index in [0.29, 0.717) is 5.69 Å². The van der Waals surface area contributed by atoms with E-state index >= 15 is 0 Å². The van der Waals surface area contributed by atoms with Gasteiger partial charge in [-0.15, -0.1) is 0 Å². The van der Waals surface area contributed by atoms with Crippen LogP contribution >= 0.6 is 0 Å². The maximum absolute atomic E-state index is 12.3. The van der Waals surface area contributed by atoms with Crippen LogP contribution in [0.4, 0.5) is 11.4 Å². The average molecular weight is 343 g/mol. The molecule has 0 spiro atoms. The second kappa shape index (κ2) is 8.25. The molecule has 2 aromatic rings. The fraction of sp³-hybridized carbons (Fsp3) is 0.278. The molecule has 2 atom stereocenters. The molecular weight excluding hydrogens is 322 g/mol. The molecule has 0 aliphatic heterocycles. The molecule has 0 aliphatic rings. The summed E-state index contributed by atoms with van der Waals surface area (Å²) >= 11 is 0. The van der Waals surface area contributed by atoms with Crippen molar-refractivity contribution in [1.82, 2.24) is 5.32 Å². The average Bonchev–Trinajstić information content (AvgIpc) is 2.61. The number of nitro benzene ring substituents is 1. The van der Waals surface area contributed by atoms with E-state index in [9.17, 15) is 14.9 Å². The third-order valence-corrected chi connectivity index (χ3v) is 3.84. The third-order valence-electron chi connectivity index (χ3n) is 3.84. The Kier molecular flexibility index (Phi) is 6.08. The molecule has 7 heteroatoms. The zero-order valence-electron chi connectivity index (χ0n) is 14.4. The van der Waals surface area contributed by atoms with Crippen molar-refractivity contribution >= 4 is 17.3 Å². The van der Waals surface area contributed by atoms with Gasteiger partial charge in [-0.05, 0) is 32.0 Å². The fourth-order valence-electron chi connectivity index (χ4n) is 2.48. The van der Waals surface area contributed by atoms with Gasteiger partial charge in [-0.2, -0.15) is 0 Å². The topological polar surface area (TPSA) is 93.5 Å². The molecule has 7 nitrogen and oxygen atoms in total. The Morgan fingerprint density at radius 2 is 1.76 bits per heavy atom. The van der Waals surface area contributed by atoms with Gasteiger partial charge in [0, 0.05) is 29.4 Å². The minimum absolute atomic E-state index is 0.0195. The Morgan fingerprint density at radius 3 is 2.36 bits per heavy atom. The van der Waals surface area contributed by atoms with Gasteiger partial charge in [-0.25, -0.2) is 0 Å². The quantitative estimate of drug-likeness (QED) is 0.594. The Hall–Kier alpha value is -2.93. The first-order valence-electron chi connectivity index (χ1n) is 7.86. The summed E-state index contributed by atoms with van der Waals surface area (Å²) in [6, 6.07) is 12.8. The van der Waals surface area contributed by atoms with Crippen LogP contribution in [0.5, 0.6) is 5.75 Å². The van der Waals surface area contributed by atoms with Crippen molar-refractivity contribution in [3.63, 3.8) is 0 Å². The number of hydrogen-bond donors (Lipinski definition) is 2. The molecule has 1 amide bonds. The highest BCUT2D eigenvalue weighted by molar-refractivity contribution is 5.94. The number of para-hydroxylation sites is 1. The standard InChI is InChI=1S/C18H21N3O4/c1-12(16-6-4-5-7-17(16)25-3)19-13(2)18(22)20-14-8-10-15(11-9-14)21(23)24/h4-13,19H,1-3H3,(H,20,22). The number of benzene rings is 2. The predicted octanol–water partition coefficient (Wildman–Crippen LogP) is 3.28. The van der Waals surface area contributed by atoms with E-state index in [1.165, 1.54) is 24.3 Å². The molecule has 0 aromatic heterocycles. The van der Waals surface area contributed by atoms with Gasteiger partial charge in [-0.3, -0.25) is 20.2 Å². The van der Waals surface area contributed by atoms with Crippen molar-refractivity contribution in [1.29, 1.82) is 0 Å². The van der Waals surface area contributed by atoms with Crippen molar-refractivity contribution in [2.24, 2.45) is 0 Å². The molecule has 0 radical (unpaired) electrons. The van der Waals surface area contributed by atoms with E-state index in [1.54, 1.807) is 14.0 Å². The van der Waals surface area contributed by atoms with Crippen molar-refractivity contribution in [2.45, 2.75) is 25.9 Å². The second-order valence-electron chi connectivity index (χ2n) is 5.65. The number of non-ortho nitro benzene ring substituents is 1. The number of ether oxygens (including phenoxy) is 1. The first-order valence-corrected chi connectivity index (χ1v) is 7.86. The molecule has 2 N–H and O–H groups in total. The maximum atomic E-state index is 12.3. The van der Waals surface area contributed by atoms with Gasteiger partial charge in [0.15, 0.2) is 0 Å². The largest absolute Gasteiger partial charge is 0.496 e. The lowest BCUT2D eigenvalue weighted by atomic mass is 10.1. The Labute approximate surface area is 146 Å². The summed E-state index contributed by atoms with van der Waals surface area (Å²) in [4.78, 5) is 22.5. The number of rotatable bonds is 7. The predicted molar refractivity (Wildman–Crippen MR) is 95.7 cm³/mol. The van der Waals surface area contributed by atoms with Crippen LogP contribution in [0, 0.1) is 10.1 Å². The van der Waals surface area contributed by atoms with E-state index in [2.05, 4.69) is 10.6 Å². The lowest BCUT2D eigenvalue weighted by molar-refractivity contribution is -0.384. The van der Waals surface area contributed by atoms with Gasteiger partial charge in [0.25, 0.3) is 5.69 Å². The normalized spacial score (nSPS) is 12.9. The maximum Gasteiger partial charge on any atom is 0.269 e. The smallest absolute Gasteiger partial charge is 0.269 e. The van der Waals surface area contributed by atoms with Crippen molar-refractivity contribution in [3.8, 4) is 5.75 Å². The number of nitrogens with zero attached hydrogens (tertiary/aromatic N) is 1. The summed E-state index contributed by atoms with van der Waals surface area (Å²) in [5, 5.41) is 16.6. The summed E-state index contributed by atoms with van der Waals surface area (Å²) in [6.45, 7) is 3.71. The van der Waals surface area contributed by atoms with Crippen LogP contribution < -0.4 is 15.4 Å². The van der Waals surface area contributed by atoms with Crippen molar-refractivity contribution in [2.75, 3.05) is 12.4 Å². The lowest BCUT2D eigenvalue weighted by Gasteiger charge is -2.21. The first-order chi connectivity index (χ1) is 11.9. The Balaban J connectivity index is 1.98. The monoisotopic (exact) mass is 343 g/mol. The summed E-state index contributed by atoms with van der Waals surface area (Å²) < 4.78 is 5.34. The third kappa shape index (κ3) is 4.77. The number of carbonyl (C=O) groups is 1. The Morgan fingerprint density at radius 1 is 1.12 bits per heavy atom. The van der Waals surface area contributed by atoms with Crippen LogP contribution in [0.3, 0.4) is 0 Å². The molecule has 25 heavy (non-hydrogen) atoms. The lowest BCUT2D eigenvalue weighted by Crippen LogP contribution is -2.39. The van der Waals surface area contributed by atoms with E-state index in [0.717, 1.165) is 11.3 Å². The minimum atomic E-state index is -0.481. The first kappa shape index (κ1) is 18.4. The van der Waals surface area contributed by atoms with Gasteiger partial charge in [0.2, 0.25) is 5.91 Å². The highest BCUT2D eigenvalue weighted by Crippen LogP contribution is 2.24. The van der Waals surface area contributed by atoms with E-state index in [-0.39, 0.29) is 17.6 Å². The van der Waals surface area contributed by atoms with Crippen molar-refractivity contribution < 1.29 is 14.5 Å². The van der Waals surface area contributed by atoms with Gasteiger partial charge in [0.1, 0.15) is 5.75 Å². The SMILES string of the molecule is COc1ccccc1C(C)NC(C)C(=O)Nc1ccc([N+](=O)[O-])cc1. The molecule has 0 saturated heterocycles. The van der Waals surface area contributed by atoms with E-state index < -0.39 is 11.0 Å². The molecule has 0 saturated carbocycles. The number of amides is 1. The molecule has 0 heterocycles. The number of nitro groups is 1. The van der Waals surface area contributed by atoms with E-state index in [1.807, 2.05) is 31.2 Å². The molecule has 2 rings (SSSR count). The van der Waals surface area contributed by atoms with Gasteiger partial charge < -0.3 is 10.1 Å². The molecule has 132 valence electrons. The van der Waals surface area contributed by atoms with Gasteiger partial charge in [0.05, 0.1) is 18.1 Å². The van der Waals surface area contributed by atoms with Crippen LogP contribution in [0.2, 0.25) is 0 Å². The van der Waals surface area contributed by atoms with E-state index in [4.69, 9.17) is 4.74 Å². The Bertz CT molecular complexity index is 746. The zero-order chi connectivity index (χ0) is 18.4. The highest BCUT2D eigenvalue weighted by atomic mass is 16.6. The van der Waals surface area contributed by atoms with Crippen LogP contribution in [-0.2, 0) is 4.79 Å². The summed E-state index contributed by atoms with van der Waals surface area (Å²) in [5.41, 5.74) is 1.45. The summed E-state index contributed by atoms with van der Waals surface area (Å²) in [5.74, 6) is 0.529. The second-order valence-corrected chi connectivity index (χ2v) is 5.65. The highest BCUT2D eigenvalue weighted by Gasteiger charge is 2.18. The fourth-order valence-corrected chi connectivity index (χ4v) is 2.48. The number of nitrogens with one attached hydrogen (secondary N) is 2. The molecular formula is C18H21N3O4. The van der Waals surface area contributed by atoms with Crippen LogP contribution in [0.15, 0.2) is 48.5 Å². The molecule has 0 aliphatic carbocycles. The molecule has 2 aromatic carbocycles. The number of carbonyl (C=O) groups excluding carboxylic acids is 1. The molecule has 2 unspecified atom stereocenters. The number of anilines is 1. The van der Waals surface area contributed by atoms with Crippen molar-refractivity contribution in [3.05, 3.63) is 64.2 Å². The molecule has 0 fully saturated rings. The van der Waals surface area contributed by atoms with Crippen LogP contribution in [0.1, 0.15) is 25.5 Å². The van der Waals surface area contributed by atoms with Crippen LogP contribution in [0.25, 0.3) is 0 Å². The number of methoxy groups -OCH3 is 1. The van der Waals surface area contributed by atoms with Gasteiger partial charge in [-0.1, -0.05) is 18.2 Å².